The molecule has 11 heteroatoms. The SMILES string of the molecule is CCCCCCCCC(=O)OCCOCCOCCOCCOCCOCCOCCOCCC(=O)OC(C)(C)C. The number of rotatable bonds is 31. The second-order valence-corrected chi connectivity index (χ2v) is 10.4. The van der Waals surface area contributed by atoms with E-state index in [4.69, 9.17) is 42.6 Å². The van der Waals surface area contributed by atoms with Gasteiger partial charge in [0.05, 0.1) is 98.9 Å². The molecule has 0 N–H and O–H groups in total. The zero-order chi connectivity index (χ0) is 30.3. The average molecular weight is 595 g/mol. The first-order chi connectivity index (χ1) is 19.8. The van der Waals surface area contributed by atoms with Crippen molar-refractivity contribution in [2.75, 3.05) is 99.1 Å². The number of hydrogen-bond acceptors (Lipinski definition) is 11. The topological polar surface area (TPSA) is 117 Å². The molecule has 0 bridgehead atoms. The van der Waals surface area contributed by atoms with Crippen molar-refractivity contribution in [1.29, 1.82) is 0 Å². The van der Waals surface area contributed by atoms with E-state index in [1.807, 2.05) is 20.8 Å². The molecule has 0 heterocycles. The van der Waals surface area contributed by atoms with Crippen LogP contribution in [0, 0.1) is 0 Å². The predicted octanol–water partition coefficient (Wildman–Crippen LogP) is 4.13. The molecule has 0 aromatic carbocycles. The summed E-state index contributed by atoms with van der Waals surface area (Å²) >= 11 is 0. The van der Waals surface area contributed by atoms with Gasteiger partial charge in [-0.05, 0) is 27.2 Å². The number of esters is 2. The number of carbonyl (C=O) groups is 2. The molecular weight excluding hydrogens is 536 g/mol. The molecule has 0 aromatic heterocycles. The highest BCUT2D eigenvalue weighted by atomic mass is 16.6. The maximum Gasteiger partial charge on any atom is 0.308 e. The molecule has 0 saturated carbocycles. The molecule has 0 aliphatic heterocycles. The third kappa shape index (κ3) is 34.8. The van der Waals surface area contributed by atoms with Gasteiger partial charge in [0.15, 0.2) is 0 Å². The average Bonchev–Trinajstić information content (AvgIpc) is 2.92. The van der Waals surface area contributed by atoms with E-state index in [1.165, 1.54) is 25.7 Å². The molecule has 0 aliphatic carbocycles. The summed E-state index contributed by atoms with van der Waals surface area (Å²) in [5, 5.41) is 0. The Hall–Kier alpha value is -1.34. The number of ether oxygens (including phenoxy) is 9. The highest BCUT2D eigenvalue weighted by Gasteiger charge is 2.15. The highest BCUT2D eigenvalue weighted by Crippen LogP contribution is 2.08. The predicted molar refractivity (Wildman–Crippen MR) is 155 cm³/mol. The summed E-state index contributed by atoms with van der Waals surface area (Å²) in [4.78, 5) is 23.2. The minimum absolute atomic E-state index is 0.146. The van der Waals surface area contributed by atoms with Crippen molar-refractivity contribution in [3.05, 3.63) is 0 Å². The molecule has 0 saturated heterocycles. The molecule has 0 rings (SSSR count). The van der Waals surface area contributed by atoms with Crippen molar-refractivity contribution in [1.82, 2.24) is 0 Å². The molecule has 244 valence electrons. The first-order valence-electron chi connectivity index (χ1n) is 15.3. The van der Waals surface area contributed by atoms with E-state index < -0.39 is 5.60 Å². The van der Waals surface area contributed by atoms with Gasteiger partial charge in [0.1, 0.15) is 12.2 Å². The van der Waals surface area contributed by atoms with E-state index in [1.54, 1.807) is 0 Å². The Bertz CT molecular complexity index is 581. The van der Waals surface area contributed by atoms with Gasteiger partial charge in [0.2, 0.25) is 0 Å². The molecule has 0 spiro atoms. The number of hydrogen-bond donors (Lipinski definition) is 0. The zero-order valence-corrected chi connectivity index (χ0v) is 26.3. The van der Waals surface area contributed by atoms with Gasteiger partial charge in [-0.3, -0.25) is 9.59 Å². The van der Waals surface area contributed by atoms with Crippen LogP contribution in [0.4, 0.5) is 0 Å². The fourth-order valence-electron chi connectivity index (χ4n) is 3.31. The highest BCUT2D eigenvalue weighted by molar-refractivity contribution is 5.70. The van der Waals surface area contributed by atoms with Crippen LogP contribution in [-0.4, -0.2) is 117 Å². The van der Waals surface area contributed by atoms with E-state index in [2.05, 4.69) is 6.92 Å². The van der Waals surface area contributed by atoms with Gasteiger partial charge in [-0.1, -0.05) is 39.0 Å². The molecule has 0 radical (unpaired) electrons. The van der Waals surface area contributed by atoms with E-state index in [9.17, 15) is 9.59 Å². The van der Waals surface area contributed by atoms with Gasteiger partial charge >= 0.3 is 11.9 Å². The van der Waals surface area contributed by atoms with Crippen LogP contribution in [0.1, 0.15) is 79.1 Å². The second kappa shape index (κ2) is 30.1. The van der Waals surface area contributed by atoms with Gasteiger partial charge in [-0.25, -0.2) is 0 Å². The summed E-state index contributed by atoms with van der Waals surface area (Å²) in [7, 11) is 0. The summed E-state index contributed by atoms with van der Waals surface area (Å²) in [6, 6.07) is 0. The molecule has 41 heavy (non-hydrogen) atoms. The van der Waals surface area contributed by atoms with Crippen LogP contribution < -0.4 is 0 Å². The Morgan fingerprint density at radius 3 is 1.22 bits per heavy atom. The van der Waals surface area contributed by atoms with E-state index >= 15 is 0 Å². The van der Waals surface area contributed by atoms with E-state index in [0.717, 1.165) is 12.8 Å². The van der Waals surface area contributed by atoms with Gasteiger partial charge in [-0.15, -0.1) is 0 Å². The lowest BCUT2D eigenvalue weighted by atomic mass is 10.1. The quantitative estimate of drug-likeness (QED) is 0.0852. The maximum absolute atomic E-state index is 11.6. The second-order valence-electron chi connectivity index (χ2n) is 10.4. The molecule has 0 aromatic rings. The van der Waals surface area contributed by atoms with Crippen molar-refractivity contribution in [2.45, 2.75) is 84.7 Å². The summed E-state index contributed by atoms with van der Waals surface area (Å²) in [5.41, 5.74) is -0.472. The maximum atomic E-state index is 11.6. The van der Waals surface area contributed by atoms with Crippen molar-refractivity contribution < 1.29 is 52.2 Å². The summed E-state index contributed by atoms with van der Waals surface area (Å²) < 4.78 is 48.3. The monoisotopic (exact) mass is 594 g/mol. The summed E-state index contributed by atoms with van der Waals surface area (Å²) in [5.74, 6) is -0.411. The van der Waals surface area contributed by atoms with Gasteiger partial charge in [0.25, 0.3) is 0 Å². The normalized spacial score (nSPS) is 11.6. The Labute approximate surface area is 248 Å². The van der Waals surface area contributed by atoms with Crippen molar-refractivity contribution >= 4 is 11.9 Å². The number of carbonyl (C=O) groups excluding carboxylic acids is 2. The van der Waals surface area contributed by atoms with Crippen molar-refractivity contribution in [2.24, 2.45) is 0 Å². The number of unbranched alkanes of at least 4 members (excludes halogenated alkanes) is 5. The lowest BCUT2D eigenvalue weighted by Gasteiger charge is -2.19. The minimum Gasteiger partial charge on any atom is -0.463 e. The van der Waals surface area contributed by atoms with Crippen LogP contribution in [0.5, 0.6) is 0 Å². The molecular formula is C30H58O11. The van der Waals surface area contributed by atoms with Gasteiger partial charge in [-0.2, -0.15) is 0 Å². The van der Waals surface area contributed by atoms with Crippen molar-refractivity contribution in [3.63, 3.8) is 0 Å². The Kier molecular flexibility index (Phi) is 29.1. The summed E-state index contributed by atoms with van der Waals surface area (Å²) in [6.45, 7) is 14.3. The fraction of sp³-hybridized carbons (Fsp3) is 0.933. The van der Waals surface area contributed by atoms with Gasteiger partial charge in [0, 0.05) is 6.42 Å². The standard InChI is InChI=1S/C30H58O11/c1-5-6-7-8-9-10-11-28(31)40-27-26-39-25-24-38-23-22-37-21-20-36-19-18-35-17-16-34-15-14-33-13-12-29(32)41-30(2,3)4/h5-27H2,1-4H3. The molecule has 0 unspecified atom stereocenters. The van der Waals surface area contributed by atoms with Crippen LogP contribution in [0.2, 0.25) is 0 Å². The van der Waals surface area contributed by atoms with Crippen LogP contribution in [0.15, 0.2) is 0 Å². The van der Waals surface area contributed by atoms with Crippen molar-refractivity contribution in [3.8, 4) is 0 Å². The van der Waals surface area contributed by atoms with E-state index in [-0.39, 0.29) is 25.0 Å². The van der Waals surface area contributed by atoms with Gasteiger partial charge < -0.3 is 42.6 Å². The van der Waals surface area contributed by atoms with Crippen LogP contribution in [0.3, 0.4) is 0 Å². The first kappa shape index (κ1) is 39.7. The molecule has 0 amide bonds. The Balaban J connectivity index is 3.16. The molecule has 0 aliphatic rings. The Morgan fingerprint density at radius 2 is 0.805 bits per heavy atom. The Morgan fingerprint density at radius 1 is 0.439 bits per heavy atom. The smallest absolute Gasteiger partial charge is 0.308 e. The van der Waals surface area contributed by atoms with Crippen LogP contribution in [-0.2, 0) is 52.2 Å². The lowest BCUT2D eigenvalue weighted by molar-refractivity contribution is -0.156. The lowest BCUT2D eigenvalue weighted by Crippen LogP contribution is -2.24. The van der Waals surface area contributed by atoms with Crippen LogP contribution >= 0.6 is 0 Å². The minimum atomic E-state index is -0.472. The van der Waals surface area contributed by atoms with Crippen LogP contribution in [0.25, 0.3) is 0 Å². The van der Waals surface area contributed by atoms with E-state index in [0.29, 0.717) is 98.9 Å². The third-order valence-electron chi connectivity index (χ3n) is 5.33. The third-order valence-corrected chi connectivity index (χ3v) is 5.33. The summed E-state index contributed by atoms with van der Waals surface area (Å²) in [6.07, 6.45) is 7.65. The largest absolute Gasteiger partial charge is 0.463 e. The molecule has 0 fully saturated rings. The first-order valence-corrected chi connectivity index (χ1v) is 15.3. The molecule has 0 atom stereocenters. The molecule has 11 nitrogen and oxygen atoms in total. The fourth-order valence-corrected chi connectivity index (χ4v) is 3.31. The zero-order valence-electron chi connectivity index (χ0n) is 26.3.